The number of aliphatic hydroxyl groups is 1. The van der Waals surface area contributed by atoms with Gasteiger partial charge in [0.2, 0.25) is 0 Å². The zero-order valence-corrected chi connectivity index (χ0v) is 11.9. The van der Waals surface area contributed by atoms with Gasteiger partial charge in [-0.1, -0.05) is 17.7 Å². The SMILES string of the molecule is OC1(CNCc2ccc(Cl)c3cccnc23)CCOC1. The number of nitrogens with one attached hydrogen (secondary N) is 1. The number of rotatable bonds is 4. The van der Waals surface area contributed by atoms with Crippen LogP contribution in [0, 0.1) is 0 Å². The fraction of sp³-hybridized carbons (Fsp3) is 0.400. The molecule has 1 fully saturated rings. The Morgan fingerprint density at radius 3 is 3.10 bits per heavy atom. The van der Waals surface area contributed by atoms with Crippen molar-refractivity contribution in [1.29, 1.82) is 0 Å². The van der Waals surface area contributed by atoms with Gasteiger partial charge in [0.1, 0.15) is 5.60 Å². The van der Waals surface area contributed by atoms with Crippen molar-refractivity contribution >= 4 is 22.5 Å². The van der Waals surface area contributed by atoms with E-state index < -0.39 is 5.60 Å². The van der Waals surface area contributed by atoms with Gasteiger partial charge < -0.3 is 15.2 Å². The summed E-state index contributed by atoms with van der Waals surface area (Å²) < 4.78 is 5.23. The molecule has 2 N–H and O–H groups in total. The van der Waals surface area contributed by atoms with Gasteiger partial charge in [0.15, 0.2) is 0 Å². The Hall–Kier alpha value is -1.20. The van der Waals surface area contributed by atoms with Crippen LogP contribution in [0.3, 0.4) is 0 Å². The molecular formula is C15H17ClN2O2. The summed E-state index contributed by atoms with van der Waals surface area (Å²) in [5, 5.41) is 15.1. The number of hydrogen-bond acceptors (Lipinski definition) is 4. The predicted octanol–water partition coefficient (Wildman–Crippen LogP) is 2.13. The van der Waals surface area contributed by atoms with Crippen LogP contribution in [0.15, 0.2) is 30.5 Å². The second kappa shape index (κ2) is 5.66. The highest BCUT2D eigenvalue weighted by atomic mass is 35.5. The third kappa shape index (κ3) is 2.79. The van der Waals surface area contributed by atoms with Crippen LogP contribution in [0.1, 0.15) is 12.0 Å². The first-order chi connectivity index (χ1) is 9.68. The summed E-state index contributed by atoms with van der Waals surface area (Å²) in [5.74, 6) is 0. The van der Waals surface area contributed by atoms with Crippen LogP contribution in [0.4, 0.5) is 0 Å². The lowest BCUT2D eigenvalue weighted by Crippen LogP contribution is -2.40. The molecule has 0 aliphatic carbocycles. The fourth-order valence-electron chi connectivity index (χ4n) is 2.50. The minimum absolute atomic E-state index is 0.402. The maximum Gasteiger partial charge on any atom is 0.102 e. The second-order valence-electron chi connectivity index (χ2n) is 5.24. The third-order valence-electron chi connectivity index (χ3n) is 3.65. The minimum atomic E-state index is -0.740. The molecule has 1 aliphatic heterocycles. The Bertz CT molecular complexity index is 612. The van der Waals surface area contributed by atoms with E-state index in [-0.39, 0.29) is 0 Å². The molecule has 2 heterocycles. The lowest BCUT2D eigenvalue weighted by Gasteiger charge is -2.21. The Morgan fingerprint density at radius 1 is 1.40 bits per heavy atom. The van der Waals surface area contributed by atoms with E-state index in [1.807, 2.05) is 24.3 Å². The number of pyridine rings is 1. The molecule has 0 bridgehead atoms. The first-order valence-corrected chi connectivity index (χ1v) is 7.09. The molecule has 1 aromatic carbocycles. The summed E-state index contributed by atoms with van der Waals surface area (Å²) in [5.41, 5.74) is 1.24. The molecule has 5 heteroatoms. The highest BCUT2D eigenvalue weighted by Crippen LogP contribution is 2.25. The van der Waals surface area contributed by atoms with Crippen molar-refractivity contribution in [3.05, 3.63) is 41.0 Å². The summed E-state index contributed by atoms with van der Waals surface area (Å²) in [7, 11) is 0. The summed E-state index contributed by atoms with van der Waals surface area (Å²) in [6, 6.07) is 7.70. The average Bonchev–Trinajstić information content (AvgIpc) is 2.89. The van der Waals surface area contributed by atoms with Gasteiger partial charge in [-0.2, -0.15) is 0 Å². The number of benzene rings is 1. The normalized spacial score (nSPS) is 22.5. The van der Waals surface area contributed by atoms with Crippen molar-refractivity contribution in [2.75, 3.05) is 19.8 Å². The molecule has 3 rings (SSSR count). The summed E-state index contributed by atoms with van der Waals surface area (Å²) >= 11 is 6.17. The highest BCUT2D eigenvalue weighted by Gasteiger charge is 2.31. The molecule has 1 aliphatic rings. The van der Waals surface area contributed by atoms with E-state index in [2.05, 4.69) is 10.3 Å². The van der Waals surface area contributed by atoms with E-state index in [4.69, 9.17) is 16.3 Å². The van der Waals surface area contributed by atoms with Crippen LogP contribution in [-0.2, 0) is 11.3 Å². The van der Waals surface area contributed by atoms with Crippen molar-refractivity contribution in [3.8, 4) is 0 Å². The van der Waals surface area contributed by atoms with Crippen LogP contribution >= 0.6 is 11.6 Å². The van der Waals surface area contributed by atoms with Gasteiger partial charge in [0.05, 0.1) is 12.1 Å². The number of nitrogens with zero attached hydrogens (tertiary/aromatic N) is 1. The molecule has 106 valence electrons. The van der Waals surface area contributed by atoms with E-state index in [1.54, 1.807) is 6.20 Å². The molecule has 1 unspecified atom stereocenters. The molecule has 2 aromatic rings. The smallest absolute Gasteiger partial charge is 0.102 e. The van der Waals surface area contributed by atoms with E-state index >= 15 is 0 Å². The fourth-order valence-corrected chi connectivity index (χ4v) is 2.72. The molecule has 0 saturated carbocycles. The van der Waals surface area contributed by atoms with Gasteiger partial charge >= 0.3 is 0 Å². The highest BCUT2D eigenvalue weighted by molar-refractivity contribution is 6.35. The summed E-state index contributed by atoms with van der Waals surface area (Å²) in [6.07, 6.45) is 2.44. The molecule has 1 aromatic heterocycles. The van der Waals surface area contributed by atoms with Crippen molar-refractivity contribution in [2.24, 2.45) is 0 Å². The summed E-state index contributed by atoms with van der Waals surface area (Å²) in [6.45, 7) is 2.19. The van der Waals surface area contributed by atoms with Gasteiger partial charge in [-0.25, -0.2) is 0 Å². The topological polar surface area (TPSA) is 54.4 Å². The van der Waals surface area contributed by atoms with E-state index in [0.29, 0.717) is 37.7 Å². The Kier molecular flexibility index (Phi) is 3.89. The van der Waals surface area contributed by atoms with Crippen LogP contribution in [0.25, 0.3) is 10.9 Å². The van der Waals surface area contributed by atoms with E-state index in [0.717, 1.165) is 16.5 Å². The van der Waals surface area contributed by atoms with Crippen LogP contribution < -0.4 is 5.32 Å². The lowest BCUT2D eigenvalue weighted by molar-refractivity contribution is 0.0269. The van der Waals surface area contributed by atoms with Gasteiger partial charge in [0.25, 0.3) is 0 Å². The number of ether oxygens (including phenoxy) is 1. The Balaban J connectivity index is 1.73. The summed E-state index contributed by atoms with van der Waals surface area (Å²) in [4.78, 5) is 4.40. The number of halogens is 1. The monoisotopic (exact) mass is 292 g/mol. The van der Waals surface area contributed by atoms with Crippen molar-refractivity contribution in [2.45, 2.75) is 18.6 Å². The minimum Gasteiger partial charge on any atom is -0.386 e. The number of aromatic nitrogens is 1. The van der Waals surface area contributed by atoms with Gasteiger partial charge in [-0.15, -0.1) is 0 Å². The maximum absolute atomic E-state index is 10.2. The Labute approximate surface area is 122 Å². The first kappa shape index (κ1) is 13.8. The molecule has 1 atom stereocenters. The molecule has 4 nitrogen and oxygen atoms in total. The predicted molar refractivity (Wildman–Crippen MR) is 78.8 cm³/mol. The molecule has 20 heavy (non-hydrogen) atoms. The third-order valence-corrected chi connectivity index (χ3v) is 3.98. The van der Waals surface area contributed by atoms with Gasteiger partial charge in [-0.3, -0.25) is 4.98 Å². The zero-order valence-electron chi connectivity index (χ0n) is 11.1. The molecular weight excluding hydrogens is 276 g/mol. The second-order valence-corrected chi connectivity index (χ2v) is 5.64. The van der Waals surface area contributed by atoms with Crippen molar-refractivity contribution in [1.82, 2.24) is 10.3 Å². The van der Waals surface area contributed by atoms with Crippen molar-refractivity contribution in [3.63, 3.8) is 0 Å². The largest absolute Gasteiger partial charge is 0.386 e. The van der Waals surface area contributed by atoms with E-state index in [1.165, 1.54) is 0 Å². The zero-order chi connectivity index (χ0) is 14.0. The van der Waals surface area contributed by atoms with Crippen LogP contribution in [-0.4, -0.2) is 35.5 Å². The van der Waals surface area contributed by atoms with E-state index in [9.17, 15) is 5.11 Å². The standard InChI is InChI=1S/C15H17ClN2O2/c16-13-4-3-11(14-12(13)2-1-6-18-14)8-17-9-15(19)5-7-20-10-15/h1-4,6,17,19H,5,7-10H2. The molecule has 0 amide bonds. The quantitative estimate of drug-likeness (QED) is 0.906. The van der Waals surface area contributed by atoms with Crippen LogP contribution in [0.2, 0.25) is 5.02 Å². The molecule has 0 radical (unpaired) electrons. The average molecular weight is 293 g/mol. The maximum atomic E-state index is 10.2. The number of fused-ring (bicyclic) bond motifs is 1. The van der Waals surface area contributed by atoms with Crippen LogP contribution in [0.5, 0.6) is 0 Å². The van der Waals surface area contributed by atoms with Gasteiger partial charge in [0, 0.05) is 42.7 Å². The first-order valence-electron chi connectivity index (χ1n) is 6.71. The van der Waals surface area contributed by atoms with Gasteiger partial charge in [-0.05, 0) is 23.8 Å². The Morgan fingerprint density at radius 2 is 2.30 bits per heavy atom. The van der Waals surface area contributed by atoms with Crippen molar-refractivity contribution < 1.29 is 9.84 Å². The molecule has 0 spiro atoms. The molecule has 1 saturated heterocycles. The number of hydrogen-bond donors (Lipinski definition) is 2. The lowest BCUT2D eigenvalue weighted by atomic mass is 10.0.